The summed E-state index contributed by atoms with van der Waals surface area (Å²) in [7, 11) is -9.05. The second-order valence-electron chi connectivity index (χ2n) is 28.5. The molecule has 25 heteroatoms. The number of nitrogens with zero attached hydrogens (tertiary/aromatic N) is 2. The molecule has 6 atom stereocenters. The van der Waals surface area contributed by atoms with Gasteiger partial charge in [0.15, 0.2) is 14.1 Å². The minimum Gasteiger partial charge on any atom is -0.543 e. The molecule has 0 aliphatic carbocycles. The van der Waals surface area contributed by atoms with Crippen molar-refractivity contribution in [2.45, 2.75) is 180 Å². The van der Waals surface area contributed by atoms with Crippen LogP contribution in [0.4, 0.5) is 28.0 Å². The van der Waals surface area contributed by atoms with Crippen molar-refractivity contribution in [3.63, 3.8) is 0 Å². The summed E-state index contributed by atoms with van der Waals surface area (Å²) in [4.78, 5) is 62.6. The lowest BCUT2D eigenvalue weighted by Gasteiger charge is -2.39. The molecule has 6 aromatic rings. The van der Waals surface area contributed by atoms with Gasteiger partial charge < -0.3 is 53.5 Å². The van der Waals surface area contributed by atoms with E-state index in [1.165, 1.54) is 34.1 Å². The predicted molar refractivity (Wildman–Crippen MR) is 354 cm³/mol. The largest absolute Gasteiger partial charge is 0.543 e. The van der Waals surface area contributed by atoms with Gasteiger partial charge in [-0.05, 0) is 136 Å². The van der Waals surface area contributed by atoms with Gasteiger partial charge in [-0.2, -0.15) is 8.42 Å². The van der Waals surface area contributed by atoms with Crippen LogP contribution < -0.4 is 10.6 Å². The maximum Gasteiger partial charge on any atom is 0.411 e. The predicted octanol–water partition coefficient (Wildman–Crippen LogP) is 14.4. The van der Waals surface area contributed by atoms with Crippen molar-refractivity contribution in [3.05, 3.63) is 155 Å². The van der Waals surface area contributed by atoms with Crippen LogP contribution in [0.15, 0.2) is 121 Å². The van der Waals surface area contributed by atoms with Crippen molar-refractivity contribution >= 4 is 72.9 Å². The van der Waals surface area contributed by atoms with Gasteiger partial charge in [0, 0.05) is 59.1 Å². The molecule has 2 aromatic heterocycles. The molecule has 92 heavy (non-hydrogen) atoms. The lowest BCUT2D eigenvalue weighted by Crippen LogP contribution is -2.51. The Labute approximate surface area is 541 Å². The molecule has 0 saturated carbocycles. The van der Waals surface area contributed by atoms with E-state index in [0.29, 0.717) is 38.7 Å². The molecular formula is C67H92F2N6O14SSi2. The minimum absolute atomic E-state index is 0.0101. The van der Waals surface area contributed by atoms with Gasteiger partial charge in [0.1, 0.15) is 54.0 Å². The van der Waals surface area contributed by atoms with Crippen LogP contribution in [0.25, 0.3) is 21.8 Å². The Morgan fingerprint density at radius 1 is 0.641 bits per heavy atom. The van der Waals surface area contributed by atoms with E-state index in [-0.39, 0.29) is 55.2 Å². The van der Waals surface area contributed by atoms with Crippen LogP contribution in [0.1, 0.15) is 117 Å². The summed E-state index contributed by atoms with van der Waals surface area (Å²) in [6, 6.07) is 25.1. The normalized spacial score (nSPS) is 18.2. The number of amides is 4. The smallest absolute Gasteiger partial charge is 0.411 e. The number of aliphatic hydroxyl groups is 1. The third-order valence-corrected chi connectivity index (χ3v) is 26.4. The number of hydrogen-bond donors (Lipinski definition) is 5. The number of alkyl carbamates (subject to hydrolysis) is 2. The number of nitrogens with one attached hydrogen (secondary N) is 4. The van der Waals surface area contributed by atoms with E-state index in [0.717, 1.165) is 17.4 Å². The first-order valence-corrected chi connectivity index (χ1v) is 38.3. The Bertz CT molecular complexity index is 3710. The molecule has 0 spiro atoms. The first-order valence-electron chi connectivity index (χ1n) is 30.7. The Kier molecular flexibility index (Phi) is 22.2. The van der Waals surface area contributed by atoms with E-state index >= 15 is 0 Å². The Morgan fingerprint density at radius 2 is 1.08 bits per heavy atom. The number of aliphatic hydroxyl groups excluding tert-OH is 1. The molecule has 4 heterocycles. The molecule has 0 radical (unpaired) electrons. The van der Waals surface area contributed by atoms with Gasteiger partial charge in [-0.1, -0.05) is 102 Å². The summed E-state index contributed by atoms with van der Waals surface area (Å²) in [5.41, 5.74) is 2.25. The van der Waals surface area contributed by atoms with E-state index in [9.17, 15) is 41.5 Å². The highest BCUT2D eigenvalue weighted by molar-refractivity contribution is 7.86. The average molecular weight is 1330 g/mol. The number of hydrogen-bond acceptors (Lipinski definition) is 14. The standard InChI is InChI=1S/C34H48FN3O8SSi.C33H44FN3O6Si/c1-33(2,3)44-32(40)38-20-28(46-48(8,9)34(4,5)6)30(45-47(7,41)42)29(38)26(25-18-36-27-17-23(35)15-16-24(25)27)19-37-31(39)43-21-22-13-11-10-12-14-22;1-32(2,3)42-31(40)37-19-27(43-44(7,8)33(4,5)6)29(38)28(37)25(24-17-35-26-16-22(34)14-15-23(24)26)18-36-30(39)41-20-21-12-10-9-11-13-21/h10-18,26,28-30,36H,19-21H2,1-9H3,(H,37,39);9-17,25,28,35,38H,18-20H2,1-8H3,(H,36,39)/t26-,28+,29+,30-;25-,28+/m00/s1. The molecule has 5 N–H and O–H groups in total. The van der Waals surface area contributed by atoms with Gasteiger partial charge >= 0.3 is 24.4 Å². The van der Waals surface area contributed by atoms with Gasteiger partial charge in [-0.25, -0.2) is 28.0 Å². The van der Waals surface area contributed by atoms with Crippen molar-refractivity contribution < 1.29 is 73.5 Å². The minimum atomic E-state index is -4.08. The van der Waals surface area contributed by atoms with Crippen LogP contribution in [-0.4, -0.2) is 142 Å². The molecule has 1 saturated heterocycles. The van der Waals surface area contributed by atoms with E-state index in [1.54, 1.807) is 66.1 Å². The van der Waals surface area contributed by atoms with E-state index in [2.05, 4.69) is 75.2 Å². The highest BCUT2D eigenvalue weighted by Crippen LogP contribution is 2.45. The number of aromatic amines is 2. The average Bonchev–Trinajstić information content (AvgIpc) is 1.60. The van der Waals surface area contributed by atoms with Crippen LogP contribution >= 0.6 is 0 Å². The van der Waals surface area contributed by atoms with Gasteiger partial charge in [0.05, 0.1) is 31.5 Å². The number of rotatable bonds is 18. The fourth-order valence-corrected chi connectivity index (χ4v) is 13.5. The first kappa shape index (κ1) is 72.0. The van der Waals surface area contributed by atoms with Gasteiger partial charge in [-0.15, -0.1) is 0 Å². The highest BCUT2D eigenvalue weighted by atomic mass is 32.2. The first-order chi connectivity index (χ1) is 42.6. The number of benzene rings is 4. The van der Waals surface area contributed by atoms with Gasteiger partial charge in [0.2, 0.25) is 8.32 Å². The second kappa shape index (κ2) is 28.4. The molecule has 4 aromatic carbocycles. The summed E-state index contributed by atoms with van der Waals surface area (Å²) in [6.07, 6.45) is -0.417. The number of aromatic nitrogens is 2. The maximum absolute atomic E-state index is 14.2. The summed E-state index contributed by atoms with van der Waals surface area (Å²) in [6.45, 7) is 31.1. The monoisotopic (exact) mass is 1330 g/mol. The molecule has 502 valence electrons. The molecule has 20 nitrogen and oxygen atoms in total. The Hall–Kier alpha value is -7.46. The lowest BCUT2D eigenvalue weighted by molar-refractivity contribution is 0.0136. The fourth-order valence-electron chi connectivity index (χ4n) is 10.5. The van der Waals surface area contributed by atoms with Crippen LogP contribution in [0.3, 0.4) is 0 Å². The number of H-pyrrole nitrogens is 2. The fraction of sp³-hybridized carbons (Fsp3) is 0.493. The van der Waals surface area contributed by atoms with Crippen LogP contribution in [-0.2, 0) is 55.3 Å². The van der Waals surface area contributed by atoms with Gasteiger partial charge in [0.25, 0.3) is 10.1 Å². The molecule has 2 aliphatic heterocycles. The maximum atomic E-state index is 14.2. The molecular weight excluding hydrogens is 1240 g/mol. The summed E-state index contributed by atoms with van der Waals surface area (Å²) in [5.74, 6) is -2.15. The third-order valence-electron chi connectivity index (χ3n) is 16.9. The van der Waals surface area contributed by atoms with E-state index < -0.39 is 110 Å². The third kappa shape index (κ3) is 18.7. The Balaban J connectivity index is 0.000000262. The van der Waals surface area contributed by atoms with Crippen molar-refractivity contribution in [1.29, 1.82) is 0 Å². The molecule has 4 amide bonds. The number of carbonyl (C=O) groups is 4. The lowest BCUT2D eigenvalue weighted by atomic mass is 9.87. The summed E-state index contributed by atoms with van der Waals surface area (Å²) >= 11 is 0. The molecule has 8 rings (SSSR count). The topological polar surface area (TPSA) is 249 Å². The summed E-state index contributed by atoms with van der Waals surface area (Å²) < 4.78 is 95.7. The summed E-state index contributed by atoms with van der Waals surface area (Å²) in [5, 5.41) is 18.3. The SMILES string of the molecule is CC(C)(C)OC(=O)N1CC(O[Si](C)(C)C(C)(C)C)=C(O)[C@H]1[C@@H](CNC(=O)OCc1ccccc1)c1c[nH]c2cc(F)ccc12.CC(C)(C)OC(=O)N1C[C@@H](O[Si](C)(C)C(C)(C)C)[C@H](OS(C)(=O)=O)[C@H]1[C@@H](CNC(=O)OCc1ccccc1)c1c[nH]c2cc(F)ccc12. The Morgan fingerprint density at radius 3 is 1.51 bits per heavy atom. The zero-order valence-electron chi connectivity index (χ0n) is 55.9. The molecule has 2 aliphatic rings. The molecule has 0 bridgehead atoms. The number of ether oxygens (including phenoxy) is 4. The van der Waals surface area contributed by atoms with Crippen molar-refractivity contribution in [1.82, 2.24) is 30.4 Å². The molecule has 1 fully saturated rings. The van der Waals surface area contributed by atoms with Crippen molar-refractivity contribution in [2.75, 3.05) is 32.4 Å². The van der Waals surface area contributed by atoms with Crippen LogP contribution in [0.2, 0.25) is 36.3 Å². The van der Waals surface area contributed by atoms with Crippen LogP contribution in [0.5, 0.6) is 0 Å². The second-order valence-corrected chi connectivity index (χ2v) is 39.6. The van der Waals surface area contributed by atoms with Crippen molar-refractivity contribution in [3.8, 4) is 0 Å². The zero-order valence-corrected chi connectivity index (χ0v) is 58.7. The number of likely N-dealkylation sites (tertiary alicyclic amines) is 1. The number of halogens is 2. The zero-order chi connectivity index (χ0) is 68.1. The van der Waals surface area contributed by atoms with E-state index in [1.807, 2.05) is 73.8 Å². The number of fused-ring (bicyclic) bond motifs is 2. The van der Waals surface area contributed by atoms with E-state index in [4.69, 9.17) is 32.0 Å². The number of carbonyl (C=O) groups excluding carboxylic acids is 4. The quantitative estimate of drug-likeness (QED) is 0.0305. The van der Waals surface area contributed by atoms with Gasteiger partial charge in [-0.3, -0.25) is 14.0 Å². The molecule has 0 unspecified atom stereocenters. The van der Waals surface area contributed by atoms with Crippen LogP contribution in [0, 0.1) is 11.6 Å². The highest BCUT2D eigenvalue weighted by Gasteiger charge is 2.55. The van der Waals surface area contributed by atoms with Crippen molar-refractivity contribution in [2.24, 2.45) is 0 Å².